The Hall–Kier alpha value is -3.43. The number of carbonyl (C=O) groups excluding carboxylic acids is 2. The molecule has 0 saturated carbocycles. The van der Waals surface area contributed by atoms with Crippen LogP contribution in [0.15, 0.2) is 28.7 Å². The topological polar surface area (TPSA) is 129 Å². The van der Waals surface area contributed by atoms with Gasteiger partial charge in [0, 0.05) is 38.7 Å². The van der Waals surface area contributed by atoms with Crippen molar-refractivity contribution in [3.8, 4) is 11.5 Å². The van der Waals surface area contributed by atoms with Gasteiger partial charge in [-0.15, -0.1) is 5.10 Å². The first-order valence-electron chi connectivity index (χ1n) is 10.1. The molecule has 10 nitrogen and oxygen atoms in total. The lowest BCUT2D eigenvalue weighted by Gasteiger charge is -2.32. The lowest BCUT2D eigenvalue weighted by molar-refractivity contribution is -0.123. The van der Waals surface area contributed by atoms with Gasteiger partial charge in [0.2, 0.25) is 11.8 Å². The number of carboxylic acid groups (broad SMARTS) is 1. The van der Waals surface area contributed by atoms with Gasteiger partial charge in [-0.3, -0.25) is 14.9 Å². The Morgan fingerprint density at radius 3 is 2.29 bits per heavy atom. The van der Waals surface area contributed by atoms with E-state index in [9.17, 15) is 9.59 Å². The Morgan fingerprint density at radius 2 is 1.77 bits per heavy atom. The quantitative estimate of drug-likeness (QED) is 0.712. The highest BCUT2D eigenvalue weighted by Gasteiger charge is 2.28. The molecule has 0 aliphatic carbocycles. The third kappa shape index (κ3) is 6.53. The SMILES string of the molecule is CC(C)c1ccc(-c2nnc(NC(=O)C3CCN(C(=O)N(C)C)CC3)o2)cc1.O=CO. The third-order valence-electron chi connectivity index (χ3n) is 5.00. The maximum Gasteiger partial charge on any atom is 0.322 e. The molecule has 0 atom stereocenters. The number of aromatic nitrogens is 2. The molecule has 0 spiro atoms. The minimum Gasteiger partial charge on any atom is -0.483 e. The van der Waals surface area contributed by atoms with Gasteiger partial charge in [-0.2, -0.15) is 0 Å². The van der Waals surface area contributed by atoms with Crippen molar-refractivity contribution in [1.82, 2.24) is 20.0 Å². The Bertz CT molecular complexity index is 871. The zero-order valence-electron chi connectivity index (χ0n) is 18.2. The van der Waals surface area contributed by atoms with Crippen LogP contribution in [0.25, 0.3) is 11.5 Å². The number of piperidine rings is 1. The molecule has 31 heavy (non-hydrogen) atoms. The Labute approximate surface area is 181 Å². The normalized spacial score (nSPS) is 13.9. The molecule has 1 saturated heterocycles. The van der Waals surface area contributed by atoms with Gasteiger partial charge in [0.15, 0.2) is 0 Å². The zero-order valence-corrected chi connectivity index (χ0v) is 18.2. The number of nitrogens with zero attached hydrogens (tertiary/aromatic N) is 4. The summed E-state index contributed by atoms with van der Waals surface area (Å²) in [6.07, 6.45) is 1.23. The van der Waals surface area contributed by atoms with E-state index in [1.54, 1.807) is 23.9 Å². The van der Waals surface area contributed by atoms with Crippen molar-refractivity contribution in [2.24, 2.45) is 5.92 Å². The van der Waals surface area contributed by atoms with Crippen LogP contribution >= 0.6 is 0 Å². The van der Waals surface area contributed by atoms with E-state index in [0.29, 0.717) is 37.7 Å². The van der Waals surface area contributed by atoms with Crippen LogP contribution in [0.5, 0.6) is 0 Å². The molecular weight excluding hydrogens is 402 g/mol. The number of urea groups is 1. The van der Waals surface area contributed by atoms with Gasteiger partial charge in [0.1, 0.15) is 0 Å². The van der Waals surface area contributed by atoms with E-state index in [1.165, 1.54) is 5.56 Å². The molecule has 10 heteroatoms. The van der Waals surface area contributed by atoms with Crippen molar-refractivity contribution < 1.29 is 23.9 Å². The highest BCUT2D eigenvalue weighted by molar-refractivity contribution is 5.90. The number of benzene rings is 1. The summed E-state index contributed by atoms with van der Waals surface area (Å²) in [5, 5.41) is 17.5. The summed E-state index contributed by atoms with van der Waals surface area (Å²) in [5.41, 5.74) is 2.05. The summed E-state index contributed by atoms with van der Waals surface area (Å²) >= 11 is 0. The van der Waals surface area contributed by atoms with Crippen LogP contribution in [-0.4, -0.2) is 70.7 Å². The summed E-state index contributed by atoms with van der Waals surface area (Å²) in [7, 11) is 3.45. The van der Waals surface area contributed by atoms with Gasteiger partial charge in [-0.25, -0.2) is 4.79 Å². The first-order valence-corrected chi connectivity index (χ1v) is 10.1. The molecule has 0 radical (unpaired) electrons. The van der Waals surface area contributed by atoms with Crippen LogP contribution in [0.4, 0.5) is 10.8 Å². The van der Waals surface area contributed by atoms with Crippen LogP contribution < -0.4 is 5.32 Å². The van der Waals surface area contributed by atoms with Gasteiger partial charge in [-0.05, 0) is 36.5 Å². The molecule has 0 bridgehead atoms. The molecule has 2 aromatic rings. The second kappa shape index (κ2) is 11.1. The second-order valence-electron chi connectivity index (χ2n) is 7.72. The van der Waals surface area contributed by atoms with Gasteiger partial charge >= 0.3 is 12.0 Å². The largest absolute Gasteiger partial charge is 0.483 e. The van der Waals surface area contributed by atoms with Crippen LogP contribution in [0, 0.1) is 5.92 Å². The number of rotatable bonds is 4. The molecule has 1 fully saturated rings. The third-order valence-corrected chi connectivity index (χ3v) is 5.00. The highest BCUT2D eigenvalue weighted by atomic mass is 16.4. The van der Waals surface area contributed by atoms with E-state index in [1.807, 2.05) is 24.3 Å². The molecular formula is C21H29N5O5. The predicted molar refractivity (Wildman–Crippen MR) is 115 cm³/mol. The van der Waals surface area contributed by atoms with Gasteiger partial charge < -0.3 is 19.3 Å². The van der Waals surface area contributed by atoms with Crippen LogP contribution in [0.1, 0.15) is 38.2 Å². The number of nitrogens with one attached hydrogen (secondary N) is 1. The number of carbonyl (C=O) groups is 3. The lowest BCUT2D eigenvalue weighted by atomic mass is 9.96. The van der Waals surface area contributed by atoms with E-state index >= 15 is 0 Å². The minimum atomic E-state index is -0.250. The Morgan fingerprint density at radius 1 is 1.19 bits per heavy atom. The number of hydrogen-bond donors (Lipinski definition) is 2. The van der Waals surface area contributed by atoms with E-state index in [-0.39, 0.29) is 30.3 Å². The van der Waals surface area contributed by atoms with Crippen molar-refractivity contribution >= 4 is 24.4 Å². The maximum atomic E-state index is 12.5. The molecule has 3 rings (SSSR count). The van der Waals surface area contributed by atoms with E-state index in [0.717, 1.165) is 5.56 Å². The van der Waals surface area contributed by atoms with Crippen LogP contribution in [-0.2, 0) is 9.59 Å². The predicted octanol–water partition coefficient (Wildman–Crippen LogP) is 2.89. The standard InChI is InChI=1S/C20H27N5O3.CH2O2/c1-13(2)14-5-7-16(8-6-14)18-22-23-19(28-18)21-17(26)15-9-11-25(12-10-15)20(27)24(3)4;2-1-3/h5-8,13,15H,9-12H2,1-4H3,(H,21,23,26);1H,(H,2,3). The van der Waals surface area contributed by atoms with E-state index in [2.05, 4.69) is 29.4 Å². The molecule has 1 aliphatic heterocycles. The first-order chi connectivity index (χ1) is 14.8. The lowest BCUT2D eigenvalue weighted by Crippen LogP contribution is -2.45. The zero-order chi connectivity index (χ0) is 23.0. The Balaban J connectivity index is 0.00000107. The van der Waals surface area contributed by atoms with Crippen molar-refractivity contribution in [3.05, 3.63) is 29.8 Å². The first kappa shape index (κ1) is 23.8. The molecule has 3 amide bonds. The number of anilines is 1. The van der Waals surface area contributed by atoms with E-state index in [4.69, 9.17) is 14.3 Å². The molecule has 0 unspecified atom stereocenters. The molecule has 1 aromatic carbocycles. The summed E-state index contributed by atoms with van der Waals surface area (Å²) in [5.74, 6) is 0.497. The Kier molecular flexibility index (Phi) is 8.53. The van der Waals surface area contributed by atoms with Crippen molar-refractivity contribution in [2.75, 3.05) is 32.5 Å². The average molecular weight is 431 g/mol. The molecule has 2 N–H and O–H groups in total. The fraction of sp³-hybridized carbons (Fsp3) is 0.476. The fourth-order valence-electron chi connectivity index (χ4n) is 3.22. The van der Waals surface area contributed by atoms with Gasteiger partial charge in [0.05, 0.1) is 0 Å². The molecule has 2 heterocycles. The van der Waals surface area contributed by atoms with Crippen molar-refractivity contribution in [1.29, 1.82) is 0 Å². The molecule has 168 valence electrons. The summed E-state index contributed by atoms with van der Waals surface area (Å²) in [4.78, 5) is 36.1. The van der Waals surface area contributed by atoms with E-state index < -0.39 is 0 Å². The number of hydrogen-bond acceptors (Lipinski definition) is 6. The monoisotopic (exact) mass is 431 g/mol. The number of likely N-dealkylation sites (tertiary alicyclic amines) is 1. The van der Waals surface area contributed by atoms with Crippen molar-refractivity contribution in [3.63, 3.8) is 0 Å². The van der Waals surface area contributed by atoms with Gasteiger partial charge in [0.25, 0.3) is 6.47 Å². The summed E-state index contributed by atoms with van der Waals surface area (Å²) < 4.78 is 5.60. The summed E-state index contributed by atoms with van der Waals surface area (Å²) in [6, 6.07) is 8.01. The smallest absolute Gasteiger partial charge is 0.322 e. The highest BCUT2D eigenvalue weighted by Crippen LogP contribution is 2.24. The van der Waals surface area contributed by atoms with Crippen LogP contribution in [0.3, 0.4) is 0 Å². The van der Waals surface area contributed by atoms with Gasteiger partial charge in [-0.1, -0.05) is 31.1 Å². The minimum absolute atomic E-state index is 0.0242. The second-order valence-corrected chi connectivity index (χ2v) is 7.72. The molecule has 1 aliphatic rings. The van der Waals surface area contributed by atoms with Crippen LogP contribution in [0.2, 0.25) is 0 Å². The maximum absolute atomic E-state index is 12.5. The number of amides is 3. The average Bonchev–Trinajstić information content (AvgIpc) is 3.22. The van der Waals surface area contributed by atoms with Crippen molar-refractivity contribution in [2.45, 2.75) is 32.6 Å². The molecule has 1 aromatic heterocycles. The fourth-order valence-corrected chi connectivity index (χ4v) is 3.22. The summed E-state index contributed by atoms with van der Waals surface area (Å²) in [6.45, 7) is 5.14.